The lowest BCUT2D eigenvalue weighted by atomic mass is 10.2. The van der Waals surface area contributed by atoms with Crippen molar-refractivity contribution in [3.05, 3.63) is 54.1 Å². The van der Waals surface area contributed by atoms with E-state index in [9.17, 15) is 4.79 Å². The van der Waals surface area contributed by atoms with Crippen LogP contribution in [0, 0.1) is 12.8 Å². The molecule has 1 atom stereocenters. The van der Waals surface area contributed by atoms with Crippen LogP contribution in [-0.2, 0) is 4.79 Å². The van der Waals surface area contributed by atoms with E-state index in [4.69, 9.17) is 9.47 Å². The summed E-state index contributed by atoms with van der Waals surface area (Å²) in [6.07, 6.45) is -0.581. The normalized spacial score (nSPS) is 11.9. The van der Waals surface area contributed by atoms with Crippen molar-refractivity contribution in [1.82, 2.24) is 0 Å². The molecule has 0 saturated carbocycles. The van der Waals surface area contributed by atoms with Crippen LogP contribution in [0.15, 0.2) is 48.5 Å². The van der Waals surface area contributed by atoms with E-state index in [2.05, 4.69) is 19.2 Å². The third kappa shape index (κ3) is 5.30. The summed E-state index contributed by atoms with van der Waals surface area (Å²) in [6, 6.07) is 15.0. The molecule has 0 aliphatic heterocycles. The van der Waals surface area contributed by atoms with Gasteiger partial charge >= 0.3 is 0 Å². The lowest BCUT2D eigenvalue weighted by molar-refractivity contribution is -0.122. The first-order valence-corrected chi connectivity index (χ1v) is 8.21. The second-order valence-corrected chi connectivity index (χ2v) is 6.24. The Morgan fingerprint density at radius 3 is 2.33 bits per heavy atom. The summed E-state index contributed by atoms with van der Waals surface area (Å²) < 4.78 is 11.4. The second kappa shape index (κ2) is 8.39. The minimum atomic E-state index is -0.581. The Morgan fingerprint density at radius 1 is 1.04 bits per heavy atom. The largest absolute Gasteiger partial charge is 0.493 e. The summed E-state index contributed by atoms with van der Waals surface area (Å²) in [5.74, 6) is 1.81. The number of carbonyl (C=O) groups is 1. The SMILES string of the molecule is Cc1ccccc1O[C@H](C)C(=O)Nc1ccc(OCC(C)C)cc1. The van der Waals surface area contributed by atoms with Gasteiger partial charge in [-0.3, -0.25) is 4.79 Å². The summed E-state index contributed by atoms with van der Waals surface area (Å²) in [6.45, 7) is 8.57. The van der Waals surface area contributed by atoms with Gasteiger partial charge in [0.05, 0.1) is 6.61 Å². The average molecular weight is 327 g/mol. The molecule has 1 amide bonds. The van der Waals surface area contributed by atoms with E-state index in [1.54, 1.807) is 6.92 Å². The first kappa shape index (κ1) is 17.9. The number of aryl methyl sites for hydroxylation is 1. The molecule has 0 fully saturated rings. The molecular weight excluding hydrogens is 302 g/mol. The van der Waals surface area contributed by atoms with Crippen LogP contribution in [0.25, 0.3) is 0 Å². The third-order valence-corrected chi connectivity index (χ3v) is 3.47. The topological polar surface area (TPSA) is 47.6 Å². The molecule has 0 aliphatic carbocycles. The predicted molar refractivity (Wildman–Crippen MR) is 96.7 cm³/mol. The van der Waals surface area contributed by atoms with Crippen molar-refractivity contribution in [2.75, 3.05) is 11.9 Å². The first-order valence-electron chi connectivity index (χ1n) is 8.21. The maximum atomic E-state index is 12.3. The molecule has 128 valence electrons. The summed E-state index contributed by atoms with van der Waals surface area (Å²) in [7, 11) is 0. The van der Waals surface area contributed by atoms with Gasteiger partial charge in [0.15, 0.2) is 6.10 Å². The summed E-state index contributed by atoms with van der Waals surface area (Å²) in [5.41, 5.74) is 1.72. The molecule has 0 unspecified atom stereocenters. The van der Waals surface area contributed by atoms with E-state index >= 15 is 0 Å². The molecule has 24 heavy (non-hydrogen) atoms. The molecule has 0 aromatic heterocycles. The highest BCUT2D eigenvalue weighted by molar-refractivity contribution is 5.94. The molecule has 1 N–H and O–H groups in total. The Kier molecular flexibility index (Phi) is 6.24. The fourth-order valence-electron chi connectivity index (χ4n) is 2.07. The molecule has 2 aromatic rings. The van der Waals surface area contributed by atoms with Crippen molar-refractivity contribution in [3.63, 3.8) is 0 Å². The summed E-state index contributed by atoms with van der Waals surface area (Å²) >= 11 is 0. The quantitative estimate of drug-likeness (QED) is 0.818. The molecule has 4 heteroatoms. The number of para-hydroxylation sites is 1. The van der Waals surface area contributed by atoms with Crippen molar-refractivity contribution in [1.29, 1.82) is 0 Å². The van der Waals surface area contributed by atoms with Crippen molar-refractivity contribution in [2.45, 2.75) is 33.8 Å². The highest BCUT2D eigenvalue weighted by atomic mass is 16.5. The van der Waals surface area contributed by atoms with E-state index in [1.165, 1.54) is 0 Å². The number of ether oxygens (including phenoxy) is 2. The van der Waals surface area contributed by atoms with Crippen LogP contribution >= 0.6 is 0 Å². The van der Waals surface area contributed by atoms with Gasteiger partial charge < -0.3 is 14.8 Å². The van der Waals surface area contributed by atoms with Gasteiger partial charge in [-0.05, 0) is 55.7 Å². The first-order chi connectivity index (χ1) is 11.5. The fourth-order valence-corrected chi connectivity index (χ4v) is 2.07. The Bertz CT molecular complexity index is 665. The van der Waals surface area contributed by atoms with Crippen LogP contribution in [0.3, 0.4) is 0 Å². The number of anilines is 1. The monoisotopic (exact) mass is 327 g/mol. The van der Waals surface area contributed by atoms with E-state index in [1.807, 2.05) is 55.5 Å². The number of amides is 1. The number of carbonyl (C=O) groups excluding carboxylic acids is 1. The van der Waals surface area contributed by atoms with Crippen LogP contribution in [0.2, 0.25) is 0 Å². The highest BCUT2D eigenvalue weighted by Crippen LogP contribution is 2.19. The average Bonchev–Trinajstić information content (AvgIpc) is 2.56. The summed E-state index contributed by atoms with van der Waals surface area (Å²) in [5, 5.41) is 2.85. The smallest absolute Gasteiger partial charge is 0.265 e. The number of nitrogens with one attached hydrogen (secondary N) is 1. The number of rotatable bonds is 7. The molecule has 0 radical (unpaired) electrons. The van der Waals surface area contributed by atoms with Gasteiger partial charge in [-0.15, -0.1) is 0 Å². The Hall–Kier alpha value is -2.49. The second-order valence-electron chi connectivity index (χ2n) is 6.24. The van der Waals surface area contributed by atoms with E-state index in [0.29, 0.717) is 12.5 Å². The van der Waals surface area contributed by atoms with Crippen molar-refractivity contribution < 1.29 is 14.3 Å². The molecule has 0 heterocycles. The zero-order valence-corrected chi connectivity index (χ0v) is 14.7. The van der Waals surface area contributed by atoms with Gasteiger partial charge in [0.2, 0.25) is 0 Å². The Balaban J connectivity index is 1.90. The maximum Gasteiger partial charge on any atom is 0.265 e. The van der Waals surface area contributed by atoms with E-state index in [-0.39, 0.29) is 5.91 Å². The van der Waals surface area contributed by atoms with Gasteiger partial charge in [0.1, 0.15) is 11.5 Å². The maximum absolute atomic E-state index is 12.3. The Labute approximate surface area is 143 Å². The third-order valence-electron chi connectivity index (χ3n) is 3.47. The van der Waals surface area contributed by atoms with Crippen LogP contribution in [0.4, 0.5) is 5.69 Å². The van der Waals surface area contributed by atoms with E-state index < -0.39 is 6.10 Å². The number of benzene rings is 2. The number of hydrogen-bond acceptors (Lipinski definition) is 3. The van der Waals surface area contributed by atoms with Gasteiger partial charge in [-0.25, -0.2) is 0 Å². The van der Waals surface area contributed by atoms with Crippen LogP contribution in [-0.4, -0.2) is 18.6 Å². The molecule has 0 aliphatic rings. The van der Waals surface area contributed by atoms with Gasteiger partial charge in [-0.2, -0.15) is 0 Å². The number of hydrogen-bond donors (Lipinski definition) is 1. The minimum Gasteiger partial charge on any atom is -0.493 e. The molecular formula is C20H25NO3. The van der Waals surface area contributed by atoms with Crippen LogP contribution in [0.5, 0.6) is 11.5 Å². The lowest BCUT2D eigenvalue weighted by Gasteiger charge is -2.16. The van der Waals surface area contributed by atoms with Gasteiger partial charge in [-0.1, -0.05) is 32.0 Å². The Morgan fingerprint density at radius 2 is 1.71 bits per heavy atom. The molecule has 2 aromatic carbocycles. The van der Waals surface area contributed by atoms with Crippen LogP contribution < -0.4 is 14.8 Å². The molecule has 0 saturated heterocycles. The van der Waals surface area contributed by atoms with Gasteiger partial charge in [0.25, 0.3) is 5.91 Å². The molecule has 4 nitrogen and oxygen atoms in total. The highest BCUT2D eigenvalue weighted by Gasteiger charge is 2.15. The standard InChI is InChI=1S/C20H25NO3/c1-14(2)13-23-18-11-9-17(10-12-18)21-20(22)16(4)24-19-8-6-5-7-15(19)3/h5-12,14,16H,13H2,1-4H3,(H,21,22)/t16-/m1/s1. The lowest BCUT2D eigenvalue weighted by Crippen LogP contribution is -2.30. The molecule has 2 rings (SSSR count). The fraction of sp³-hybridized carbons (Fsp3) is 0.350. The zero-order valence-electron chi connectivity index (χ0n) is 14.7. The predicted octanol–water partition coefficient (Wildman–Crippen LogP) is 4.44. The van der Waals surface area contributed by atoms with Crippen molar-refractivity contribution >= 4 is 11.6 Å². The minimum absolute atomic E-state index is 0.186. The molecule has 0 bridgehead atoms. The van der Waals surface area contributed by atoms with Gasteiger partial charge in [0, 0.05) is 5.69 Å². The molecule has 0 spiro atoms. The van der Waals surface area contributed by atoms with Crippen LogP contribution in [0.1, 0.15) is 26.3 Å². The van der Waals surface area contributed by atoms with E-state index in [0.717, 1.165) is 22.7 Å². The summed E-state index contributed by atoms with van der Waals surface area (Å²) in [4.78, 5) is 12.3. The van der Waals surface area contributed by atoms with Crippen molar-refractivity contribution in [3.8, 4) is 11.5 Å². The van der Waals surface area contributed by atoms with Crippen molar-refractivity contribution in [2.24, 2.45) is 5.92 Å². The zero-order chi connectivity index (χ0) is 17.5.